The van der Waals surface area contributed by atoms with E-state index in [9.17, 15) is 0 Å². The summed E-state index contributed by atoms with van der Waals surface area (Å²) >= 11 is 7.40. The first kappa shape index (κ1) is 12.5. The quantitative estimate of drug-likeness (QED) is 0.929. The number of nitrogens with zero attached hydrogens (tertiary/aromatic N) is 2. The van der Waals surface area contributed by atoms with Crippen molar-refractivity contribution in [2.45, 2.75) is 26.8 Å². The summed E-state index contributed by atoms with van der Waals surface area (Å²) in [5.41, 5.74) is 8.82. The molecule has 17 heavy (non-hydrogen) atoms. The van der Waals surface area contributed by atoms with Crippen molar-refractivity contribution in [3.63, 3.8) is 0 Å². The second-order valence-electron chi connectivity index (χ2n) is 3.72. The number of thiophene rings is 1. The standard InChI is InChI=1S/C12H14ClN3S/c1-3-8-7(2)15-12(16-9(8)6-14)10-4-5-11(13)17-10/h4-5H,3,6,14H2,1-2H3. The fourth-order valence-electron chi connectivity index (χ4n) is 1.83. The van der Waals surface area contributed by atoms with Gasteiger partial charge in [-0.2, -0.15) is 0 Å². The minimum Gasteiger partial charge on any atom is -0.325 e. The molecule has 0 aliphatic rings. The van der Waals surface area contributed by atoms with E-state index in [0.717, 1.165) is 38.4 Å². The van der Waals surface area contributed by atoms with E-state index in [1.165, 1.54) is 11.3 Å². The van der Waals surface area contributed by atoms with Crippen molar-refractivity contribution < 1.29 is 0 Å². The van der Waals surface area contributed by atoms with Gasteiger partial charge >= 0.3 is 0 Å². The van der Waals surface area contributed by atoms with Crippen LogP contribution in [0, 0.1) is 6.92 Å². The Morgan fingerprint density at radius 3 is 2.65 bits per heavy atom. The lowest BCUT2D eigenvalue weighted by molar-refractivity contribution is 0.893. The number of aryl methyl sites for hydroxylation is 1. The molecule has 0 spiro atoms. The highest BCUT2D eigenvalue weighted by atomic mass is 35.5. The van der Waals surface area contributed by atoms with Crippen molar-refractivity contribution in [1.82, 2.24) is 9.97 Å². The maximum atomic E-state index is 5.92. The highest BCUT2D eigenvalue weighted by Gasteiger charge is 2.11. The molecule has 0 bridgehead atoms. The van der Waals surface area contributed by atoms with Crippen molar-refractivity contribution in [3.8, 4) is 10.7 Å². The lowest BCUT2D eigenvalue weighted by Gasteiger charge is -2.09. The second-order valence-corrected chi connectivity index (χ2v) is 5.43. The molecule has 3 nitrogen and oxygen atoms in total. The first-order valence-electron chi connectivity index (χ1n) is 5.47. The summed E-state index contributed by atoms with van der Waals surface area (Å²) in [6.07, 6.45) is 0.907. The molecular formula is C12H14ClN3S. The molecule has 2 N–H and O–H groups in total. The number of hydrogen-bond donors (Lipinski definition) is 1. The highest BCUT2D eigenvalue weighted by Crippen LogP contribution is 2.29. The number of aromatic nitrogens is 2. The van der Waals surface area contributed by atoms with E-state index in [1.807, 2.05) is 19.1 Å². The van der Waals surface area contributed by atoms with Crippen LogP contribution in [0.15, 0.2) is 12.1 Å². The second kappa shape index (κ2) is 5.12. The van der Waals surface area contributed by atoms with Crippen molar-refractivity contribution in [3.05, 3.63) is 33.4 Å². The molecule has 0 radical (unpaired) electrons. The normalized spacial score (nSPS) is 10.8. The van der Waals surface area contributed by atoms with Crippen LogP contribution in [0.2, 0.25) is 4.34 Å². The Kier molecular flexibility index (Phi) is 3.76. The third kappa shape index (κ3) is 2.49. The zero-order valence-corrected chi connectivity index (χ0v) is 11.4. The topological polar surface area (TPSA) is 51.8 Å². The molecule has 2 aromatic heterocycles. The molecule has 0 atom stereocenters. The van der Waals surface area contributed by atoms with Gasteiger partial charge in [0.05, 0.1) is 14.9 Å². The minimum atomic E-state index is 0.443. The van der Waals surface area contributed by atoms with Gasteiger partial charge in [-0.05, 0) is 31.0 Å². The third-order valence-electron chi connectivity index (χ3n) is 2.64. The average Bonchev–Trinajstić information content (AvgIpc) is 2.74. The van der Waals surface area contributed by atoms with Gasteiger partial charge in [-0.1, -0.05) is 18.5 Å². The van der Waals surface area contributed by atoms with Crippen LogP contribution in [0.25, 0.3) is 10.7 Å². The lowest BCUT2D eigenvalue weighted by Crippen LogP contribution is -2.09. The summed E-state index contributed by atoms with van der Waals surface area (Å²) in [6, 6.07) is 3.80. The van der Waals surface area contributed by atoms with Crippen LogP contribution in [0.1, 0.15) is 23.9 Å². The fraction of sp³-hybridized carbons (Fsp3) is 0.333. The zero-order chi connectivity index (χ0) is 12.4. The Balaban J connectivity index is 2.53. The molecule has 5 heteroatoms. The largest absolute Gasteiger partial charge is 0.325 e. The molecule has 0 fully saturated rings. The highest BCUT2D eigenvalue weighted by molar-refractivity contribution is 7.19. The van der Waals surface area contributed by atoms with Crippen LogP contribution in [-0.4, -0.2) is 9.97 Å². The Labute approximate surface area is 110 Å². The molecule has 2 heterocycles. The number of nitrogens with two attached hydrogens (primary N) is 1. The summed E-state index contributed by atoms with van der Waals surface area (Å²) in [7, 11) is 0. The van der Waals surface area contributed by atoms with Gasteiger partial charge in [-0.15, -0.1) is 11.3 Å². The van der Waals surface area contributed by atoms with Crippen LogP contribution >= 0.6 is 22.9 Å². The van der Waals surface area contributed by atoms with E-state index < -0.39 is 0 Å². The first-order chi connectivity index (χ1) is 8.15. The molecule has 90 valence electrons. The lowest BCUT2D eigenvalue weighted by atomic mass is 10.1. The van der Waals surface area contributed by atoms with Gasteiger partial charge in [0, 0.05) is 12.2 Å². The van der Waals surface area contributed by atoms with Gasteiger partial charge < -0.3 is 5.73 Å². The molecule has 0 unspecified atom stereocenters. The Hall–Kier alpha value is -0.970. The monoisotopic (exact) mass is 267 g/mol. The molecule has 2 aromatic rings. The van der Waals surface area contributed by atoms with Crippen LogP contribution in [0.3, 0.4) is 0 Å². The van der Waals surface area contributed by atoms with Gasteiger partial charge in [0.2, 0.25) is 0 Å². The van der Waals surface area contributed by atoms with Crippen molar-refractivity contribution in [1.29, 1.82) is 0 Å². The minimum absolute atomic E-state index is 0.443. The van der Waals surface area contributed by atoms with E-state index in [2.05, 4.69) is 16.9 Å². The molecule has 0 aromatic carbocycles. The van der Waals surface area contributed by atoms with Gasteiger partial charge in [0.15, 0.2) is 5.82 Å². The molecule has 0 aliphatic carbocycles. The summed E-state index contributed by atoms with van der Waals surface area (Å²) in [5, 5.41) is 0. The predicted octanol–water partition coefficient (Wildman–Crippen LogP) is 3.19. The molecule has 0 saturated carbocycles. The summed E-state index contributed by atoms with van der Waals surface area (Å²) in [4.78, 5) is 10.0. The molecule has 0 aliphatic heterocycles. The third-order valence-corrected chi connectivity index (χ3v) is 3.87. The Morgan fingerprint density at radius 1 is 1.35 bits per heavy atom. The molecule has 2 rings (SSSR count). The number of hydrogen-bond acceptors (Lipinski definition) is 4. The van der Waals surface area contributed by atoms with Gasteiger partial charge in [0.1, 0.15) is 0 Å². The van der Waals surface area contributed by atoms with Crippen LogP contribution in [0.4, 0.5) is 0 Å². The molecule has 0 amide bonds. The van der Waals surface area contributed by atoms with E-state index in [1.54, 1.807) is 0 Å². The maximum absolute atomic E-state index is 5.92. The summed E-state index contributed by atoms with van der Waals surface area (Å²) in [6.45, 7) is 4.53. The molecular weight excluding hydrogens is 254 g/mol. The van der Waals surface area contributed by atoms with Crippen LogP contribution in [-0.2, 0) is 13.0 Å². The van der Waals surface area contributed by atoms with Crippen molar-refractivity contribution in [2.24, 2.45) is 5.73 Å². The zero-order valence-electron chi connectivity index (χ0n) is 9.83. The van der Waals surface area contributed by atoms with E-state index >= 15 is 0 Å². The van der Waals surface area contributed by atoms with Crippen LogP contribution < -0.4 is 5.73 Å². The Morgan fingerprint density at radius 2 is 2.12 bits per heavy atom. The average molecular weight is 268 g/mol. The number of rotatable bonds is 3. The first-order valence-corrected chi connectivity index (χ1v) is 6.67. The van der Waals surface area contributed by atoms with Crippen LogP contribution in [0.5, 0.6) is 0 Å². The summed E-state index contributed by atoms with van der Waals surface area (Å²) in [5.74, 6) is 0.719. The molecule has 0 saturated heterocycles. The maximum Gasteiger partial charge on any atom is 0.170 e. The SMILES string of the molecule is CCc1c(C)nc(-c2ccc(Cl)s2)nc1CN. The number of halogens is 1. The van der Waals surface area contributed by atoms with Crippen molar-refractivity contribution in [2.75, 3.05) is 0 Å². The van der Waals surface area contributed by atoms with E-state index in [4.69, 9.17) is 17.3 Å². The van der Waals surface area contributed by atoms with E-state index in [0.29, 0.717) is 6.54 Å². The smallest absolute Gasteiger partial charge is 0.170 e. The van der Waals surface area contributed by atoms with E-state index in [-0.39, 0.29) is 0 Å². The van der Waals surface area contributed by atoms with Crippen molar-refractivity contribution >= 4 is 22.9 Å². The predicted molar refractivity (Wildman–Crippen MR) is 72.4 cm³/mol. The Bertz CT molecular complexity index is 537. The summed E-state index contributed by atoms with van der Waals surface area (Å²) < 4.78 is 0.745. The van der Waals surface area contributed by atoms with Gasteiger partial charge in [-0.3, -0.25) is 0 Å². The van der Waals surface area contributed by atoms with Gasteiger partial charge in [-0.25, -0.2) is 9.97 Å². The fourth-order valence-corrected chi connectivity index (χ4v) is 2.81. The van der Waals surface area contributed by atoms with Gasteiger partial charge in [0.25, 0.3) is 0 Å².